The summed E-state index contributed by atoms with van der Waals surface area (Å²) >= 11 is 2.15. The summed E-state index contributed by atoms with van der Waals surface area (Å²) in [6.07, 6.45) is 4.87. The fourth-order valence-electron chi connectivity index (χ4n) is 2.20. The van der Waals surface area contributed by atoms with E-state index in [1.165, 1.54) is 19.3 Å². The van der Waals surface area contributed by atoms with Crippen molar-refractivity contribution in [3.63, 3.8) is 0 Å². The number of ether oxygens (including phenoxy) is 1. The van der Waals surface area contributed by atoms with E-state index >= 15 is 0 Å². The standard InChI is InChI=1S/C13H29N4O.Ti/c1-18-13-5-12-16-9-3-8-14-6-2-7-15-10-4-11-17-13;/h13-16H,2-12H2,1H3;/q-1;+1. The molecule has 1 saturated heterocycles. The molecule has 0 aromatic heterocycles. The van der Waals surface area contributed by atoms with Gasteiger partial charge in [0, 0.05) is 0 Å². The first-order chi connectivity index (χ1) is 9.34. The summed E-state index contributed by atoms with van der Waals surface area (Å²) in [5.74, 6) is 0. The quantitative estimate of drug-likeness (QED) is 0.599. The predicted molar refractivity (Wildman–Crippen MR) is 74.6 cm³/mol. The Kier molecular flexibility index (Phi) is 11.3. The third-order valence-corrected chi connectivity index (χ3v) is 4.15. The minimum atomic E-state index is 0.235. The topological polar surface area (TPSA) is 48.6 Å². The van der Waals surface area contributed by atoms with Gasteiger partial charge in [0.1, 0.15) is 0 Å². The van der Waals surface area contributed by atoms with Gasteiger partial charge < -0.3 is 0 Å². The van der Waals surface area contributed by atoms with Crippen molar-refractivity contribution in [1.29, 1.82) is 0 Å². The first kappa shape index (κ1) is 17.6. The Balaban J connectivity index is 2.26. The molecule has 0 aliphatic carbocycles. The molecular formula is C13H29N4OTi. The summed E-state index contributed by atoms with van der Waals surface area (Å²) in [6.45, 7) is 7.65. The van der Waals surface area contributed by atoms with Crippen LogP contribution >= 0.6 is 0 Å². The summed E-state index contributed by atoms with van der Waals surface area (Å²) < 4.78 is 7.88. The van der Waals surface area contributed by atoms with Gasteiger partial charge in [-0.3, -0.25) is 0 Å². The van der Waals surface area contributed by atoms with Gasteiger partial charge in [0.05, 0.1) is 0 Å². The number of rotatable bonds is 1. The third-order valence-electron chi connectivity index (χ3n) is 3.35. The van der Waals surface area contributed by atoms with Crippen molar-refractivity contribution in [1.82, 2.24) is 19.3 Å². The van der Waals surface area contributed by atoms with Crippen LogP contribution in [-0.2, 0) is 25.4 Å². The monoisotopic (exact) mass is 305 g/mol. The Morgan fingerprint density at radius 1 is 0.895 bits per heavy atom. The van der Waals surface area contributed by atoms with Crippen molar-refractivity contribution in [3.8, 4) is 0 Å². The molecule has 1 aliphatic heterocycles. The van der Waals surface area contributed by atoms with Gasteiger partial charge in [-0.2, -0.15) is 0 Å². The van der Waals surface area contributed by atoms with Crippen LogP contribution in [0.3, 0.4) is 0 Å². The van der Waals surface area contributed by atoms with Gasteiger partial charge in [0.25, 0.3) is 0 Å². The number of nitrogens with zero attached hydrogens (tertiary/aromatic N) is 1. The molecule has 0 saturated carbocycles. The Morgan fingerprint density at radius 2 is 1.42 bits per heavy atom. The minimum absolute atomic E-state index is 0.235. The van der Waals surface area contributed by atoms with Crippen molar-refractivity contribution < 1.29 is 25.4 Å². The van der Waals surface area contributed by atoms with E-state index in [0.717, 1.165) is 52.2 Å². The summed E-state index contributed by atoms with van der Waals surface area (Å²) in [4.78, 5) is 0. The van der Waals surface area contributed by atoms with E-state index in [1.807, 2.05) is 7.11 Å². The molecule has 1 heterocycles. The second kappa shape index (κ2) is 12.3. The molecular weight excluding hydrogens is 276 g/mol. The third kappa shape index (κ3) is 9.13. The molecule has 0 bridgehead atoms. The van der Waals surface area contributed by atoms with Gasteiger partial charge >= 0.3 is 130 Å². The molecule has 0 aromatic carbocycles. The van der Waals surface area contributed by atoms with Crippen LogP contribution in [0.2, 0.25) is 0 Å². The molecule has 3 N–H and O–H groups in total. The number of hydrogen-bond donors (Lipinski definition) is 3. The molecule has 19 heavy (non-hydrogen) atoms. The fraction of sp³-hybridized carbons (Fsp3) is 1.00. The predicted octanol–water partition coefficient (Wildman–Crippen LogP) is 0.0655. The molecule has 111 valence electrons. The van der Waals surface area contributed by atoms with E-state index in [-0.39, 0.29) is 6.23 Å². The molecule has 0 spiro atoms. The van der Waals surface area contributed by atoms with E-state index in [9.17, 15) is 0 Å². The molecule has 1 atom stereocenters. The molecule has 0 amide bonds. The van der Waals surface area contributed by atoms with Gasteiger partial charge in [0.2, 0.25) is 0 Å². The van der Waals surface area contributed by atoms with Gasteiger partial charge in [-0.1, -0.05) is 0 Å². The van der Waals surface area contributed by atoms with Crippen LogP contribution in [0.15, 0.2) is 0 Å². The van der Waals surface area contributed by atoms with Gasteiger partial charge in [-0.15, -0.1) is 0 Å². The molecule has 1 rings (SSSR count). The van der Waals surface area contributed by atoms with Crippen LogP contribution in [0.5, 0.6) is 0 Å². The average Bonchev–Trinajstić information content (AvgIpc) is 2.42. The second-order valence-corrected chi connectivity index (χ2v) is 5.88. The van der Waals surface area contributed by atoms with Crippen LogP contribution in [0, 0.1) is 0 Å². The van der Waals surface area contributed by atoms with Crippen LogP contribution in [0.25, 0.3) is 0 Å². The average molecular weight is 305 g/mol. The van der Waals surface area contributed by atoms with E-state index in [1.54, 1.807) is 0 Å². The fourth-order valence-corrected chi connectivity index (χ4v) is 2.81. The zero-order valence-electron chi connectivity index (χ0n) is 12.2. The van der Waals surface area contributed by atoms with Gasteiger partial charge in [-0.05, 0) is 0 Å². The van der Waals surface area contributed by atoms with Crippen LogP contribution < -0.4 is 16.0 Å². The molecule has 1 fully saturated rings. The summed E-state index contributed by atoms with van der Waals surface area (Å²) in [6, 6.07) is 0. The van der Waals surface area contributed by atoms with Crippen molar-refractivity contribution in [2.45, 2.75) is 31.9 Å². The first-order valence-electron chi connectivity index (χ1n) is 7.47. The van der Waals surface area contributed by atoms with E-state index in [4.69, 9.17) is 4.74 Å². The SMILES string of the molecule is COC1CCNCCCNCCCNCCC[N]1[Ti]. The Labute approximate surface area is 129 Å². The van der Waals surface area contributed by atoms with Crippen LogP contribution in [0.4, 0.5) is 0 Å². The maximum atomic E-state index is 5.56. The molecule has 5 nitrogen and oxygen atoms in total. The normalized spacial score (nSPS) is 27.1. The van der Waals surface area contributed by atoms with Crippen molar-refractivity contribution in [2.24, 2.45) is 0 Å². The first-order valence-corrected chi connectivity index (χ1v) is 8.17. The molecule has 6 heteroatoms. The van der Waals surface area contributed by atoms with Crippen molar-refractivity contribution in [3.05, 3.63) is 0 Å². The zero-order chi connectivity index (χ0) is 13.8. The van der Waals surface area contributed by atoms with Gasteiger partial charge in [0.15, 0.2) is 0 Å². The molecule has 1 aliphatic rings. The Bertz CT molecular complexity index is 209. The zero-order valence-corrected chi connectivity index (χ0v) is 13.8. The second-order valence-electron chi connectivity index (χ2n) is 4.98. The summed E-state index contributed by atoms with van der Waals surface area (Å²) in [7, 11) is 1.81. The van der Waals surface area contributed by atoms with E-state index < -0.39 is 0 Å². The Morgan fingerprint density at radius 3 is 2.00 bits per heavy atom. The summed E-state index contributed by atoms with van der Waals surface area (Å²) in [5, 5.41) is 10.5. The molecule has 0 radical (unpaired) electrons. The maximum absolute atomic E-state index is 5.56. The van der Waals surface area contributed by atoms with Crippen LogP contribution in [0.1, 0.15) is 25.7 Å². The Hall–Kier alpha value is 0.514. The summed E-state index contributed by atoms with van der Waals surface area (Å²) in [5.41, 5.74) is 0. The van der Waals surface area contributed by atoms with Crippen LogP contribution in [-0.4, -0.2) is 62.5 Å². The molecule has 1 unspecified atom stereocenters. The van der Waals surface area contributed by atoms with Gasteiger partial charge in [-0.25, -0.2) is 0 Å². The van der Waals surface area contributed by atoms with E-state index in [2.05, 4.69) is 40.0 Å². The van der Waals surface area contributed by atoms with E-state index in [0.29, 0.717) is 0 Å². The molecule has 0 aromatic rings. The number of methoxy groups -OCH3 is 1. The van der Waals surface area contributed by atoms with Crippen molar-refractivity contribution in [2.75, 3.05) is 52.9 Å². The number of nitrogens with one attached hydrogen (secondary N) is 3. The number of hydrogen-bond acceptors (Lipinski definition) is 5. The van der Waals surface area contributed by atoms with Crippen molar-refractivity contribution >= 4 is 0 Å².